The Hall–Kier alpha value is -2.04. The van der Waals surface area contributed by atoms with Crippen molar-refractivity contribution in [1.82, 2.24) is 5.32 Å². The third-order valence-corrected chi connectivity index (χ3v) is 2.81. The van der Waals surface area contributed by atoms with E-state index in [0.717, 1.165) is 16.7 Å². The molecule has 0 radical (unpaired) electrons. The maximum Gasteiger partial charge on any atom is 0.252 e. The summed E-state index contributed by atoms with van der Waals surface area (Å²) in [5.41, 5.74) is 9.01. The van der Waals surface area contributed by atoms with E-state index in [1.807, 2.05) is 32.9 Å². The zero-order valence-electron chi connectivity index (χ0n) is 11.1. The Labute approximate surface area is 107 Å². The van der Waals surface area contributed by atoms with E-state index in [-0.39, 0.29) is 11.7 Å². The first-order valence-electron chi connectivity index (χ1n) is 5.73. The molecule has 1 amide bonds. The Balaban J connectivity index is 2.99. The lowest BCUT2D eigenvalue weighted by atomic mass is 9.99. The second-order valence-electron chi connectivity index (χ2n) is 4.49. The number of aryl methyl sites for hydroxylation is 3. The van der Waals surface area contributed by atoms with Gasteiger partial charge in [0.1, 0.15) is 0 Å². The normalized spacial score (nSPS) is 13.2. The minimum atomic E-state index is -0.511. The monoisotopic (exact) mass is 249 g/mol. The minimum absolute atomic E-state index is 0.0224. The van der Waals surface area contributed by atoms with Gasteiger partial charge in [0.2, 0.25) is 0 Å². The van der Waals surface area contributed by atoms with Crippen LogP contribution in [-0.4, -0.2) is 23.0 Å². The Morgan fingerprint density at radius 1 is 1.33 bits per heavy atom. The predicted octanol–water partition coefficient (Wildman–Crippen LogP) is 1.48. The molecule has 0 aliphatic heterocycles. The summed E-state index contributed by atoms with van der Waals surface area (Å²) in [4.78, 5) is 12.1. The van der Waals surface area contributed by atoms with Gasteiger partial charge in [0, 0.05) is 5.56 Å². The average Bonchev–Trinajstić information content (AvgIpc) is 2.26. The number of benzene rings is 1. The first-order chi connectivity index (χ1) is 8.36. The van der Waals surface area contributed by atoms with Gasteiger partial charge in [-0.3, -0.25) is 4.79 Å². The molecule has 0 spiro atoms. The number of amides is 1. The molecule has 0 aliphatic carbocycles. The molecule has 0 aliphatic rings. The smallest absolute Gasteiger partial charge is 0.252 e. The third kappa shape index (κ3) is 3.00. The summed E-state index contributed by atoms with van der Waals surface area (Å²) >= 11 is 0. The Morgan fingerprint density at radius 3 is 2.28 bits per heavy atom. The fourth-order valence-corrected chi connectivity index (χ4v) is 1.97. The van der Waals surface area contributed by atoms with E-state index >= 15 is 0 Å². The molecule has 0 fully saturated rings. The minimum Gasteiger partial charge on any atom is -0.409 e. The molecule has 1 atom stereocenters. The fourth-order valence-electron chi connectivity index (χ4n) is 1.97. The van der Waals surface area contributed by atoms with Gasteiger partial charge in [-0.25, -0.2) is 0 Å². The van der Waals surface area contributed by atoms with Crippen molar-refractivity contribution in [2.45, 2.75) is 33.7 Å². The quantitative estimate of drug-likeness (QED) is 0.328. The van der Waals surface area contributed by atoms with E-state index in [4.69, 9.17) is 10.9 Å². The highest BCUT2D eigenvalue weighted by Crippen LogP contribution is 2.16. The molecule has 1 aromatic rings. The average molecular weight is 249 g/mol. The molecular formula is C13H19N3O2. The van der Waals surface area contributed by atoms with Crippen LogP contribution in [0.3, 0.4) is 0 Å². The summed E-state index contributed by atoms with van der Waals surface area (Å²) in [6.07, 6.45) is 0. The van der Waals surface area contributed by atoms with Crippen molar-refractivity contribution >= 4 is 11.7 Å². The maximum absolute atomic E-state index is 12.1. The first kappa shape index (κ1) is 14.0. The highest BCUT2D eigenvalue weighted by atomic mass is 16.4. The molecule has 1 rings (SSSR count). The van der Waals surface area contributed by atoms with Gasteiger partial charge in [0.05, 0.1) is 6.04 Å². The second-order valence-corrected chi connectivity index (χ2v) is 4.49. The third-order valence-electron chi connectivity index (χ3n) is 2.81. The van der Waals surface area contributed by atoms with Crippen LogP contribution in [0, 0.1) is 20.8 Å². The van der Waals surface area contributed by atoms with Gasteiger partial charge in [-0.2, -0.15) is 0 Å². The number of rotatable bonds is 3. The van der Waals surface area contributed by atoms with Gasteiger partial charge in [0.25, 0.3) is 5.91 Å². The molecule has 1 aromatic carbocycles. The molecule has 0 saturated carbocycles. The van der Waals surface area contributed by atoms with Crippen molar-refractivity contribution in [2.75, 3.05) is 0 Å². The van der Waals surface area contributed by atoms with E-state index in [1.165, 1.54) is 0 Å². The van der Waals surface area contributed by atoms with Gasteiger partial charge in [-0.1, -0.05) is 22.9 Å². The number of nitrogens with zero attached hydrogens (tertiary/aromatic N) is 1. The number of hydrogen-bond acceptors (Lipinski definition) is 3. The number of amidine groups is 1. The van der Waals surface area contributed by atoms with E-state index in [9.17, 15) is 4.79 Å². The summed E-state index contributed by atoms with van der Waals surface area (Å²) in [6.45, 7) is 7.43. The maximum atomic E-state index is 12.1. The zero-order chi connectivity index (χ0) is 13.9. The van der Waals surface area contributed by atoms with Crippen LogP contribution in [0.25, 0.3) is 0 Å². The molecule has 1 unspecified atom stereocenters. The highest BCUT2D eigenvalue weighted by Gasteiger charge is 2.16. The number of carbonyl (C=O) groups excluding carboxylic acids is 1. The van der Waals surface area contributed by atoms with Gasteiger partial charge in [0.15, 0.2) is 5.84 Å². The SMILES string of the molecule is Cc1cc(C)c(C(=O)NC(C)/C(N)=N/O)c(C)c1. The molecule has 4 N–H and O–H groups in total. The van der Waals surface area contributed by atoms with Crippen LogP contribution in [0.15, 0.2) is 17.3 Å². The summed E-state index contributed by atoms with van der Waals surface area (Å²) < 4.78 is 0. The van der Waals surface area contributed by atoms with Crippen LogP contribution < -0.4 is 11.1 Å². The molecular weight excluding hydrogens is 230 g/mol. The molecule has 5 nitrogen and oxygen atoms in total. The highest BCUT2D eigenvalue weighted by molar-refractivity contribution is 6.00. The van der Waals surface area contributed by atoms with Crippen molar-refractivity contribution in [1.29, 1.82) is 0 Å². The Morgan fingerprint density at radius 2 is 1.83 bits per heavy atom. The van der Waals surface area contributed by atoms with Crippen LogP contribution in [0.4, 0.5) is 0 Å². The van der Waals surface area contributed by atoms with E-state index in [0.29, 0.717) is 5.56 Å². The van der Waals surface area contributed by atoms with Crippen molar-refractivity contribution < 1.29 is 10.0 Å². The van der Waals surface area contributed by atoms with Crippen LogP contribution >= 0.6 is 0 Å². The summed E-state index contributed by atoms with van der Waals surface area (Å²) in [6, 6.07) is 3.40. The van der Waals surface area contributed by atoms with Crippen LogP contribution in [-0.2, 0) is 0 Å². The van der Waals surface area contributed by atoms with Crippen molar-refractivity contribution in [3.05, 3.63) is 34.4 Å². The lowest BCUT2D eigenvalue weighted by Gasteiger charge is -2.15. The molecule has 98 valence electrons. The van der Waals surface area contributed by atoms with Crippen LogP contribution in [0.1, 0.15) is 34.0 Å². The number of oxime groups is 1. The van der Waals surface area contributed by atoms with Gasteiger partial charge in [-0.15, -0.1) is 0 Å². The first-order valence-corrected chi connectivity index (χ1v) is 5.73. The van der Waals surface area contributed by atoms with Crippen molar-refractivity contribution in [3.8, 4) is 0 Å². The number of hydrogen-bond donors (Lipinski definition) is 3. The molecule has 0 saturated heterocycles. The number of nitrogens with one attached hydrogen (secondary N) is 1. The molecule has 0 bridgehead atoms. The van der Waals surface area contributed by atoms with Gasteiger partial charge in [-0.05, 0) is 38.8 Å². The Kier molecular flexibility index (Phi) is 4.31. The number of carbonyl (C=O) groups is 1. The van der Waals surface area contributed by atoms with Gasteiger partial charge < -0.3 is 16.3 Å². The largest absolute Gasteiger partial charge is 0.409 e. The van der Waals surface area contributed by atoms with E-state index < -0.39 is 6.04 Å². The summed E-state index contributed by atoms with van der Waals surface area (Å²) in [7, 11) is 0. The van der Waals surface area contributed by atoms with Crippen molar-refractivity contribution in [2.24, 2.45) is 10.9 Å². The van der Waals surface area contributed by atoms with Crippen LogP contribution in [0.5, 0.6) is 0 Å². The number of nitrogens with two attached hydrogens (primary N) is 1. The van der Waals surface area contributed by atoms with E-state index in [2.05, 4.69) is 10.5 Å². The molecule has 5 heteroatoms. The lowest BCUT2D eigenvalue weighted by molar-refractivity contribution is 0.0947. The zero-order valence-corrected chi connectivity index (χ0v) is 11.1. The molecule has 0 heterocycles. The van der Waals surface area contributed by atoms with E-state index in [1.54, 1.807) is 6.92 Å². The summed E-state index contributed by atoms with van der Waals surface area (Å²) in [5.74, 6) is -0.241. The second kappa shape index (κ2) is 5.53. The Bertz CT molecular complexity index is 472. The van der Waals surface area contributed by atoms with Crippen molar-refractivity contribution in [3.63, 3.8) is 0 Å². The molecule has 0 aromatic heterocycles. The summed E-state index contributed by atoms with van der Waals surface area (Å²) in [5, 5.41) is 14.1. The standard InChI is InChI=1S/C13H19N3O2/c1-7-5-8(2)11(9(3)6-7)13(17)15-10(4)12(14)16-18/h5-6,10,18H,1-4H3,(H2,14,16)(H,15,17). The van der Waals surface area contributed by atoms with Crippen LogP contribution in [0.2, 0.25) is 0 Å². The fraction of sp³-hybridized carbons (Fsp3) is 0.385. The lowest BCUT2D eigenvalue weighted by Crippen LogP contribution is -2.42. The topological polar surface area (TPSA) is 87.7 Å². The van der Waals surface area contributed by atoms with Gasteiger partial charge >= 0.3 is 0 Å². The predicted molar refractivity (Wildman–Crippen MR) is 71.0 cm³/mol. The molecule has 18 heavy (non-hydrogen) atoms.